The summed E-state index contributed by atoms with van der Waals surface area (Å²) in [5.74, 6) is -0.288. The number of guanidine groups is 1. The third-order valence-electron chi connectivity index (χ3n) is 5.75. The molecule has 2 heterocycles. The van der Waals surface area contributed by atoms with Gasteiger partial charge in [-0.1, -0.05) is 29.4 Å². The fourth-order valence-corrected chi connectivity index (χ4v) is 4.71. The Hall–Kier alpha value is -4.46. The van der Waals surface area contributed by atoms with Crippen molar-refractivity contribution in [3.8, 4) is 34.0 Å². The smallest absolute Gasteiger partial charge is 0.382 e. The number of alkyl halides is 3. The highest BCUT2D eigenvalue weighted by molar-refractivity contribution is 7.92. The van der Waals surface area contributed by atoms with Gasteiger partial charge in [0.25, 0.3) is 0 Å². The Bertz CT molecular complexity index is 1640. The van der Waals surface area contributed by atoms with E-state index >= 15 is 0 Å². The van der Waals surface area contributed by atoms with Gasteiger partial charge in [0.05, 0.1) is 34.1 Å². The summed E-state index contributed by atoms with van der Waals surface area (Å²) in [4.78, 5) is 12.5. The van der Waals surface area contributed by atoms with Crippen molar-refractivity contribution in [2.24, 2.45) is 16.5 Å². The predicted octanol–water partition coefficient (Wildman–Crippen LogP) is 4.02. The summed E-state index contributed by atoms with van der Waals surface area (Å²) in [6, 6.07) is 11.0. The number of sulfone groups is 1. The molecule has 14 heteroatoms. The number of halogens is 3. The lowest BCUT2D eigenvalue weighted by Gasteiger charge is -2.12. The molecule has 204 valence electrons. The SMILES string of the molecule is CC(C)S(=O)(=O)c1ccc(-c2cnc(N)c(-c3cc(-c4ccc(CN=C(N)N)cc4C(F)(F)F)no3)n2)cc1. The highest BCUT2D eigenvalue weighted by atomic mass is 32.2. The summed E-state index contributed by atoms with van der Waals surface area (Å²) in [7, 11) is -3.46. The van der Waals surface area contributed by atoms with Gasteiger partial charge >= 0.3 is 6.18 Å². The van der Waals surface area contributed by atoms with Gasteiger partial charge in [0.1, 0.15) is 5.69 Å². The Kier molecular flexibility index (Phi) is 7.33. The van der Waals surface area contributed by atoms with E-state index < -0.39 is 26.8 Å². The van der Waals surface area contributed by atoms with Gasteiger partial charge in [-0.3, -0.25) is 0 Å². The van der Waals surface area contributed by atoms with Crippen molar-refractivity contribution in [1.29, 1.82) is 0 Å². The van der Waals surface area contributed by atoms with Crippen molar-refractivity contribution in [3.05, 3.63) is 65.9 Å². The second kappa shape index (κ2) is 10.4. The van der Waals surface area contributed by atoms with Gasteiger partial charge in [0, 0.05) is 17.2 Å². The van der Waals surface area contributed by atoms with Crippen molar-refractivity contribution in [1.82, 2.24) is 15.1 Å². The van der Waals surface area contributed by atoms with Crippen molar-refractivity contribution in [3.63, 3.8) is 0 Å². The van der Waals surface area contributed by atoms with Gasteiger partial charge < -0.3 is 21.7 Å². The molecule has 2 aromatic heterocycles. The summed E-state index contributed by atoms with van der Waals surface area (Å²) in [6.45, 7) is 3.05. The average molecular weight is 560 g/mol. The fourth-order valence-electron chi connectivity index (χ4n) is 3.65. The van der Waals surface area contributed by atoms with Gasteiger partial charge in [-0.2, -0.15) is 13.2 Å². The summed E-state index contributed by atoms with van der Waals surface area (Å²) >= 11 is 0. The molecule has 0 amide bonds. The van der Waals surface area contributed by atoms with E-state index in [1.54, 1.807) is 26.0 Å². The number of nitrogens with zero attached hydrogens (tertiary/aromatic N) is 4. The van der Waals surface area contributed by atoms with Crippen molar-refractivity contribution < 1.29 is 26.1 Å². The van der Waals surface area contributed by atoms with Gasteiger partial charge in [-0.15, -0.1) is 0 Å². The van der Waals surface area contributed by atoms with Crippen LogP contribution in [0.15, 0.2) is 69.1 Å². The summed E-state index contributed by atoms with van der Waals surface area (Å²) in [6.07, 6.45) is -3.31. The number of rotatable bonds is 7. The van der Waals surface area contributed by atoms with Crippen LogP contribution in [0.3, 0.4) is 0 Å². The maximum absolute atomic E-state index is 13.9. The lowest BCUT2D eigenvalue weighted by molar-refractivity contribution is -0.137. The number of nitrogens with two attached hydrogens (primary N) is 3. The highest BCUT2D eigenvalue weighted by Gasteiger charge is 2.35. The Morgan fingerprint density at radius 3 is 2.36 bits per heavy atom. The van der Waals surface area contributed by atoms with Gasteiger partial charge in [0.2, 0.25) is 0 Å². The maximum atomic E-state index is 13.9. The molecule has 0 fully saturated rings. The third kappa shape index (κ3) is 5.85. The van der Waals surface area contributed by atoms with Crippen LogP contribution in [-0.4, -0.2) is 34.8 Å². The second-order valence-electron chi connectivity index (χ2n) is 8.80. The van der Waals surface area contributed by atoms with Crippen LogP contribution in [0.4, 0.5) is 19.0 Å². The zero-order valence-electron chi connectivity index (χ0n) is 20.8. The molecule has 0 atom stereocenters. The number of nitrogen functional groups attached to an aromatic ring is 1. The maximum Gasteiger partial charge on any atom is 0.417 e. The summed E-state index contributed by atoms with van der Waals surface area (Å²) in [5, 5.41) is 3.22. The van der Waals surface area contributed by atoms with E-state index in [4.69, 9.17) is 21.7 Å². The molecule has 0 aliphatic carbocycles. The van der Waals surface area contributed by atoms with Crippen LogP contribution in [-0.2, 0) is 22.6 Å². The molecule has 0 unspecified atom stereocenters. The number of aliphatic imine (C=N–C) groups is 1. The van der Waals surface area contributed by atoms with Crippen molar-refractivity contribution in [2.75, 3.05) is 5.73 Å². The molecule has 4 rings (SSSR count). The van der Waals surface area contributed by atoms with Crippen LogP contribution in [0.25, 0.3) is 34.0 Å². The standard InChI is InChI=1S/C25H24F3N7O3S/c1-13(2)39(36,37)16-6-4-15(5-7-16)20-12-32-23(29)22(34-20)21-10-19(35-38-21)17-8-3-14(11-33-24(30)31)9-18(17)25(26,27)28/h3-10,12-13H,11H2,1-2H3,(H2,29,32)(H4,30,31,33). The van der Waals surface area contributed by atoms with Gasteiger partial charge in [0.15, 0.2) is 33.1 Å². The molecule has 2 aromatic carbocycles. The minimum atomic E-state index is -4.70. The first kappa shape index (κ1) is 27.6. The minimum absolute atomic E-state index is 0.00596. The molecule has 0 spiro atoms. The van der Waals surface area contributed by atoms with E-state index in [2.05, 4.69) is 20.1 Å². The van der Waals surface area contributed by atoms with Crippen LogP contribution in [0, 0.1) is 0 Å². The fraction of sp³-hybridized carbons (Fsp3) is 0.200. The number of anilines is 1. The van der Waals surface area contributed by atoms with Crippen molar-refractivity contribution >= 4 is 21.6 Å². The summed E-state index contributed by atoms with van der Waals surface area (Å²) < 4.78 is 71.7. The first-order chi connectivity index (χ1) is 18.3. The van der Waals surface area contributed by atoms with Gasteiger partial charge in [-0.25, -0.2) is 23.4 Å². The molecule has 39 heavy (non-hydrogen) atoms. The van der Waals surface area contributed by atoms with E-state index in [1.807, 2.05) is 0 Å². The van der Waals surface area contributed by atoms with Crippen LogP contribution in [0.5, 0.6) is 0 Å². The van der Waals surface area contributed by atoms with E-state index in [0.29, 0.717) is 11.3 Å². The molecular weight excluding hydrogens is 535 g/mol. The highest BCUT2D eigenvalue weighted by Crippen LogP contribution is 2.39. The Morgan fingerprint density at radius 2 is 1.74 bits per heavy atom. The monoisotopic (exact) mass is 559 g/mol. The number of aromatic nitrogens is 3. The number of benzene rings is 2. The molecule has 6 N–H and O–H groups in total. The quantitative estimate of drug-likeness (QED) is 0.223. The van der Waals surface area contributed by atoms with Crippen LogP contribution < -0.4 is 17.2 Å². The first-order valence-electron chi connectivity index (χ1n) is 11.5. The van der Waals surface area contributed by atoms with E-state index in [9.17, 15) is 21.6 Å². The predicted molar refractivity (Wildman–Crippen MR) is 140 cm³/mol. The third-order valence-corrected chi connectivity index (χ3v) is 7.92. The molecule has 0 bridgehead atoms. The van der Waals surface area contributed by atoms with Crippen LogP contribution >= 0.6 is 0 Å². The van der Waals surface area contributed by atoms with Gasteiger partial charge in [-0.05, 0) is 37.6 Å². The molecule has 0 saturated carbocycles. The molecule has 0 radical (unpaired) electrons. The van der Waals surface area contributed by atoms with Crippen molar-refractivity contribution in [2.45, 2.75) is 36.7 Å². The normalized spacial score (nSPS) is 12.1. The van der Waals surface area contributed by atoms with Crippen LogP contribution in [0.1, 0.15) is 25.0 Å². The zero-order chi connectivity index (χ0) is 28.5. The Labute approximate surface area is 221 Å². The molecule has 0 saturated heterocycles. The lowest BCUT2D eigenvalue weighted by atomic mass is 10.0. The number of hydrogen-bond acceptors (Lipinski definition) is 8. The van der Waals surface area contributed by atoms with E-state index in [-0.39, 0.29) is 51.5 Å². The first-order valence-corrected chi connectivity index (χ1v) is 13.0. The molecule has 4 aromatic rings. The second-order valence-corrected chi connectivity index (χ2v) is 11.3. The van der Waals surface area contributed by atoms with Crippen LogP contribution in [0.2, 0.25) is 0 Å². The Balaban J connectivity index is 1.70. The number of hydrogen-bond donors (Lipinski definition) is 3. The zero-order valence-corrected chi connectivity index (χ0v) is 21.6. The molecule has 0 aliphatic heterocycles. The molecule has 0 aliphatic rings. The largest absolute Gasteiger partial charge is 0.417 e. The minimum Gasteiger partial charge on any atom is -0.382 e. The van der Waals surface area contributed by atoms with E-state index in [0.717, 1.165) is 6.07 Å². The van der Waals surface area contributed by atoms with E-state index in [1.165, 1.54) is 36.5 Å². The summed E-state index contributed by atoms with van der Waals surface area (Å²) in [5.41, 5.74) is 16.5. The molecular formula is C25H24F3N7O3S. The topological polar surface area (TPSA) is 176 Å². The average Bonchev–Trinajstić information content (AvgIpc) is 3.37. The lowest BCUT2D eigenvalue weighted by Crippen LogP contribution is -2.22. The molecule has 10 nitrogen and oxygen atoms in total. The Morgan fingerprint density at radius 1 is 1.05 bits per heavy atom.